The molecule has 0 bridgehead atoms. The van der Waals surface area contributed by atoms with E-state index in [1.165, 1.54) is 12.1 Å². The van der Waals surface area contributed by atoms with E-state index in [0.29, 0.717) is 32.7 Å². The van der Waals surface area contributed by atoms with Gasteiger partial charge in [-0.15, -0.1) is 0 Å². The molecule has 1 atom stereocenters. The smallest absolute Gasteiger partial charge is 0.245 e. The third-order valence-electron chi connectivity index (χ3n) is 4.55. The maximum Gasteiger partial charge on any atom is 0.245 e. The lowest BCUT2D eigenvalue weighted by Gasteiger charge is -2.39. The fourth-order valence-electron chi connectivity index (χ4n) is 3.06. The number of likely N-dealkylation sites (tertiary alicyclic amines) is 1. The number of rotatable bonds is 6. The summed E-state index contributed by atoms with van der Waals surface area (Å²) in [5.74, 6) is -0.610. The second-order valence-electron chi connectivity index (χ2n) is 6.41. The number of hydrogen-bond acceptors (Lipinski definition) is 4. The van der Waals surface area contributed by atoms with E-state index in [-0.39, 0.29) is 24.2 Å². The number of hydrogen-bond donors (Lipinski definition) is 1. The topological polar surface area (TPSA) is 67.9 Å². The summed E-state index contributed by atoms with van der Waals surface area (Å²) in [6.45, 7) is 1.88. The number of ether oxygens (including phenoxy) is 2. The summed E-state index contributed by atoms with van der Waals surface area (Å²) in [6.07, 6.45) is 0.565. The molecule has 6 nitrogen and oxygen atoms in total. The Bertz CT molecular complexity index is 616. The SMILES string of the molecule is COCC1(C(=O)NC2CCN(Cc3ccc(F)cc3)C2=O)COC1. The molecule has 3 rings (SSSR count). The van der Waals surface area contributed by atoms with Crippen molar-refractivity contribution in [2.24, 2.45) is 5.41 Å². The second kappa shape index (κ2) is 6.86. The Labute approximate surface area is 139 Å². The lowest BCUT2D eigenvalue weighted by atomic mass is 9.85. The van der Waals surface area contributed by atoms with E-state index in [4.69, 9.17) is 9.47 Å². The fourth-order valence-corrected chi connectivity index (χ4v) is 3.06. The van der Waals surface area contributed by atoms with Gasteiger partial charge in [-0.2, -0.15) is 0 Å². The maximum atomic E-state index is 12.9. The van der Waals surface area contributed by atoms with Gasteiger partial charge in [0.1, 0.15) is 17.3 Å². The molecule has 2 aliphatic heterocycles. The summed E-state index contributed by atoms with van der Waals surface area (Å²) >= 11 is 0. The quantitative estimate of drug-likeness (QED) is 0.831. The molecule has 1 N–H and O–H groups in total. The summed E-state index contributed by atoms with van der Waals surface area (Å²) < 4.78 is 23.2. The molecule has 2 heterocycles. The number of methoxy groups -OCH3 is 1. The lowest BCUT2D eigenvalue weighted by molar-refractivity contribution is -0.173. The molecule has 130 valence electrons. The van der Waals surface area contributed by atoms with Crippen LogP contribution in [-0.2, 0) is 25.6 Å². The van der Waals surface area contributed by atoms with Crippen LogP contribution in [0.2, 0.25) is 0 Å². The summed E-state index contributed by atoms with van der Waals surface area (Å²) in [7, 11) is 1.54. The first kappa shape index (κ1) is 16.9. The van der Waals surface area contributed by atoms with Gasteiger partial charge >= 0.3 is 0 Å². The van der Waals surface area contributed by atoms with Crippen molar-refractivity contribution < 1.29 is 23.5 Å². The highest BCUT2D eigenvalue weighted by atomic mass is 19.1. The molecule has 24 heavy (non-hydrogen) atoms. The second-order valence-corrected chi connectivity index (χ2v) is 6.41. The molecule has 1 aromatic rings. The fraction of sp³-hybridized carbons (Fsp3) is 0.529. The van der Waals surface area contributed by atoms with E-state index in [1.807, 2.05) is 0 Å². The number of halogens is 1. The number of benzene rings is 1. The highest BCUT2D eigenvalue weighted by Crippen LogP contribution is 2.29. The normalized spacial score (nSPS) is 22.3. The Morgan fingerprint density at radius 2 is 2.12 bits per heavy atom. The van der Waals surface area contributed by atoms with E-state index in [0.717, 1.165) is 5.56 Å². The molecule has 2 fully saturated rings. The summed E-state index contributed by atoms with van der Waals surface area (Å²) in [5, 5.41) is 2.83. The molecular formula is C17H21FN2O4. The van der Waals surface area contributed by atoms with Crippen molar-refractivity contribution in [1.82, 2.24) is 10.2 Å². The monoisotopic (exact) mass is 336 g/mol. The minimum Gasteiger partial charge on any atom is -0.383 e. The molecule has 0 aliphatic carbocycles. The third-order valence-corrected chi connectivity index (χ3v) is 4.55. The van der Waals surface area contributed by atoms with Crippen LogP contribution in [0.25, 0.3) is 0 Å². The number of nitrogens with one attached hydrogen (secondary N) is 1. The van der Waals surface area contributed by atoms with E-state index in [2.05, 4.69) is 5.32 Å². The summed E-state index contributed by atoms with van der Waals surface area (Å²) in [4.78, 5) is 26.6. The Balaban J connectivity index is 1.58. The first-order chi connectivity index (χ1) is 11.5. The van der Waals surface area contributed by atoms with Crippen LogP contribution in [0.15, 0.2) is 24.3 Å². The Morgan fingerprint density at radius 1 is 1.42 bits per heavy atom. The van der Waals surface area contributed by atoms with Crippen LogP contribution >= 0.6 is 0 Å². The predicted molar refractivity (Wildman–Crippen MR) is 83.5 cm³/mol. The van der Waals surface area contributed by atoms with Crippen LogP contribution in [-0.4, -0.2) is 56.2 Å². The Kier molecular flexibility index (Phi) is 4.82. The van der Waals surface area contributed by atoms with Crippen molar-refractivity contribution in [1.29, 1.82) is 0 Å². The van der Waals surface area contributed by atoms with Crippen molar-refractivity contribution in [3.63, 3.8) is 0 Å². The standard InChI is InChI=1S/C17H21FN2O4/c1-23-9-17(10-24-11-17)16(22)19-14-6-7-20(15(14)21)8-12-2-4-13(18)5-3-12/h2-5,14H,6-11H2,1H3,(H,19,22). The number of carbonyl (C=O) groups is 2. The van der Waals surface area contributed by atoms with Gasteiger partial charge in [0, 0.05) is 20.2 Å². The number of amides is 2. The van der Waals surface area contributed by atoms with Crippen molar-refractivity contribution in [2.45, 2.75) is 19.0 Å². The van der Waals surface area contributed by atoms with Gasteiger partial charge in [0.25, 0.3) is 0 Å². The molecule has 0 radical (unpaired) electrons. The highest BCUT2D eigenvalue weighted by molar-refractivity contribution is 5.91. The van der Waals surface area contributed by atoms with Gasteiger partial charge in [0.05, 0.1) is 19.8 Å². The van der Waals surface area contributed by atoms with Crippen LogP contribution < -0.4 is 5.32 Å². The average Bonchev–Trinajstić information content (AvgIpc) is 2.86. The molecule has 0 spiro atoms. The molecule has 2 saturated heterocycles. The van der Waals surface area contributed by atoms with Crippen LogP contribution in [0.5, 0.6) is 0 Å². The van der Waals surface area contributed by atoms with Crippen LogP contribution in [0.4, 0.5) is 4.39 Å². The van der Waals surface area contributed by atoms with E-state index in [9.17, 15) is 14.0 Å². The van der Waals surface area contributed by atoms with Crippen LogP contribution in [0.1, 0.15) is 12.0 Å². The Hall–Kier alpha value is -1.99. The third kappa shape index (κ3) is 3.27. The van der Waals surface area contributed by atoms with Gasteiger partial charge in [0.15, 0.2) is 0 Å². The molecule has 1 aromatic carbocycles. The zero-order chi connectivity index (χ0) is 17.2. The first-order valence-corrected chi connectivity index (χ1v) is 7.95. The zero-order valence-corrected chi connectivity index (χ0v) is 13.6. The number of nitrogens with zero attached hydrogens (tertiary/aromatic N) is 1. The number of carbonyl (C=O) groups excluding carboxylic acids is 2. The summed E-state index contributed by atoms with van der Waals surface area (Å²) in [6, 6.07) is 5.55. The molecule has 1 unspecified atom stereocenters. The van der Waals surface area contributed by atoms with E-state index in [1.54, 1.807) is 24.1 Å². The largest absolute Gasteiger partial charge is 0.383 e. The van der Waals surface area contributed by atoms with E-state index >= 15 is 0 Å². The van der Waals surface area contributed by atoms with Gasteiger partial charge < -0.3 is 19.7 Å². The van der Waals surface area contributed by atoms with Crippen LogP contribution in [0, 0.1) is 11.2 Å². The van der Waals surface area contributed by atoms with Crippen molar-refractivity contribution >= 4 is 11.8 Å². The van der Waals surface area contributed by atoms with Crippen molar-refractivity contribution in [2.75, 3.05) is 33.5 Å². The van der Waals surface area contributed by atoms with Gasteiger partial charge in [-0.05, 0) is 24.1 Å². The highest BCUT2D eigenvalue weighted by Gasteiger charge is 2.47. The van der Waals surface area contributed by atoms with Gasteiger partial charge in [-0.3, -0.25) is 9.59 Å². The van der Waals surface area contributed by atoms with Gasteiger partial charge in [-0.25, -0.2) is 4.39 Å². The van der Waals surface area contributed by atoms with E-state index < -0.39 is 11.5 Å². The molecule has 2 amide bonds. The zero-order valence-electron chi connectivity index (χ0n) is 13.6. The Morgan fingerprint density at radius 3 is 2.71 bits per heavy atom. The summed E-state index contributed by atoms with van der Waals surface area (Å²) in [5.41, 5.74) is 0.180. The minimum absolute atomic E-state index is 0.111. The maximum absolute atomic E-state index is 12.9. The van der Waals surface area contributed by atoms with Gasteiger partial charge in [-0.1, -0.05) is 12.1 Å². The molecule has 0 aromatic heterocycles. The minimum atomic E-state index is -0.681. The van der Waals surface area contributed by atoms with Crippen molar-refractivity contribution in [3.8, 4) is 0 Å². The van der Waals surface area contributed by atoms with Crippen molar-refractivity contribution in [3.05, 3.63) is 35.6 Å². The average molecular weight is 336 g/mol. The van der Waals surface area contributed by atoms with Gasteiger partial charge in [0.2, 0.25) is 11.8 Å². The molecule has 2 aliphatic rings. The van der Waals surface area contributed by atoms with Crippen LogP contribution in [0.3, 0.4) is 0 Å². The molecule has 7 heteroatoms. The molecular weight excluding hydrogens is 315 g/mol. The predicted octanol–water partition coefficient (Wildman–Crippen LogP) is 0.706. The lowest BCUT2D eigenvalue weighted by Crippen LogP contribution is -2.59. The first-order valence-electron chi connectivity index (χ1n) is 7.95. The molecule has 0 saturated carbocycles.